The van der Waals surface area contributed by atoms with Gasteiger partial charge in [-0.15, -0.1) is 0 Å². The third-order valence-electron chi connectivity index (χ3n) is 2.62. The fourth-order valence-corrected chi connectivity index (χ4v) is 1.75. The van der Waals surface area contributed by atoms with Crippen molar-refractivity contribution >= 4 is 0 Å². The number of hydrogen-bond donors (Lipinski definition) is 1. The lowest BCUT2D eigenvalue weighted by molar-refractivity contribution is 0.573. The summed E-state index contributed by atoms with van der Waals surface area (Å²) >= 11 is 0. The summed E-state index contributed by atoms with van der Waals surface area (Å²) in [5.41, 5.74) is 0. The second kappa shape index (κ2) is 8.31. The molecular weight excluding hydrogens is 158 g/mol. The zero-order valence-corrected chi connectivity index (χ0v) is 8.73. The Labute approximate surface area is 82.6 Å². The van der Waals surface area contributed by atoms with Crippen molar-refractivity contribution in [2.75, 3.05) is 13.1 Å². The first-order valence-electron chi connectivity index (χ1n) is 5.86. The Balaban J connectivity index is 2.09. The van der Waals surface area contributed by atoms with Gasteiger partial charge in [-0.05, 0) is 45.2 Å². The largest absolute Gasteiger partial charge is 0.317 e. The van der Waals surface area contributed by atoms with Crippen LogP contribution in [0.5, 0.6) is 0 Å². The summed E-state index contributed by atoms with van der Waals surface area (Å²) in [5, 5.41) is 3.49. The normalized spacial score (nSPS) is 25.2. The first-order chi connectivity index (χ1) is 6.50. The van der Waals surface area contributed by atoms with Gasteiger partial charge in [0.05, 0.1) is 0 Å². The number of rotatable bonds is 0. The van der Waals surface area contributed by atoms with E-state index < -0.39 is 0 Å². The molecule has 1 rings (SSSR count). The van der Waals surface area contributed by atoms with E-state index in [4.69, 9.17) is 0 Å². The van der Waals surface area contributed by atoms with Crippen molar-refractivity contribution in [1.29, 1.82) is 0 Å². The average Bonchev–Trinajstić information content (AvgIpc) is 2.18. The van der Waals surface area contributed by atoms with Crippen LogP contribution < -0.4 is 5.32 Å². The van der Waals surface area contributed by atoms with Crippen LogP contribution in [-0.2, 0) is 0 Å². The molecule has 0 atom stereocenters. The fraction of sp³-hybridized carbons (Fsp3) is 0.833. The van der Waals surface area contributed by atoms with Crippen LogP contribution in [0.4, 0.5) is 0 Å². The van der Waals surface area contributed by atoms with Gasteiger partial charge in [-0.25, -0.2) is 0 Å². The van der Waals surface area contributed by atoms with E-state index in [0.29, 0.717) is 0 Å². The van der Waals surface area contributed by atoms with Gasteiger partial charge in [-0.1, -0.05) is 31.4 Å². The Hall–Kier alpha value is -0.300. The monoisotopic (exact) mass is 181 g/mol. The molecule has 0 spiro atoms. The SMILES string of the molecule is C1=C\CCCNCCCCCCC/1. The molecule has 0 aromatic carbocycles. The van der Waals surface area contributed by atoms with Crippen LogP contribution in [0.3, 0.4) is 0 Å². The fourth-order valence-electron chi connectivity index (χ4n) is 1.75. The molecule has 0 aliphatic carbocycles. The van der Waals surface area contributed by atoms with Crippen LogP contribution in [0.15, 0.2) is 12.2 Å². The lowest BCUT2D eigenvalue weighted by atomic mass is 10.1. The van der Waals surface area contributed by atoms with Crippen LogP contribution in [-0.4, -0.2) is 13.1 Å². The quantitative estimate of drug-likeness (QED) is 0.566. The smallest absolute Gasteiger partial charge is 0.00460 e. The molecule has 0 aromatic heterocycles. The van der Waals surface area contributed by atoms with Gasteiger partial charge in [-0.2, -0.15) is 0 Å². The molecule has 1 heterocycles. The summed E-state index contributed by atoms with van der Waals surface area (Å²) in [7, 11) is 0. The van der Waals surface area contributed by atoms with E-state index in [1.165, 1.54) is 64.5 Å². The molecule has 0 saturated heterocycles. The van der Waals surface area contributed by atoms with Crippen molar-refractivity contribution in [2.24, 2.45) is 0 Å². The highest BCUT2D eigenvalue weighted by Gasteiger charge is 1.92. The lowest BCUT2D eigenvalue weighted by Gasteiger charge is -2.02. The van der Waals surface area contributed by atoms with Crippen molar-refractivity contribution in [2.45, 2.75) is 51.4 Å². The second-order valence-electron chi connectivity index (χ2n) is 3.92. The van der Waals surface area contributed by atoms with Gasteiger partial charge >= 0.3 is 0 Å². The standard InChI is InChI=1S/C12H23N/c1-2-4-6-8-10-12-13-11-9-7-5-3-1/h3,5,13H,1-2,4,6-12H2/b5-3-. The Morgan fingerprint density at radius 3 is 2.15 bits per heavy atom. The Kier molecular flexibility index (Phi) is 6.89. The van der Waals surface area contributed by atoms with Crippen molar-refractivity contribution in [3.05, 3.63) is 12.2 Å². The van der Waals surface area contributed by atoms with E-state index in [1.807, 2.05) is 0 Å². The van der Waals surface area contributed by atoms with Crippen molar-refractivity contribution < 1.29 is 0 Å². The topological polar surface area (TPSA) is 12.0 Å². The summed E-state index contributed by atoms with van der Waals surface area (Å²) < 4.78 is 0. The first-order valence-corrected chi connectivity index (χ1v) is 5.86. The molecule has 1 aliphatic rings. The molecule has 1 aliphatic heterocycles. The van der Waals surface area contributed by atoms with Crippen molar-refractivity contribution in [3.63, 3.8) is 0 Å². The van der Waals surface area contributed by atoms with E-state index in [0.717, 1.165) is 0 Å². The van der Waals surface area contributed by atoms with Crippen molar-refractivity contribution in [1.82, 2.24) is 5.32 Å². The van der Waals surface area contributed by atoms with Gasteiger partial charge in [0, 0.05) is 0 Å². The van der Waals surface area contributed by atoms with Crippen molar-refractivity contribution in [3.8, 4) is 0 Å². The summed E-state index contributed by atoms with van der Waals surface area (Å²) in [6.45, 7) is 2.42. The van der Waals surface area contributed by atoms with Gasteiger partial charge in [0.25, 0.3) is 0 Å². The minimum Gasteiger partial charge on any atom is -0.317 e. The maximum Gasteiger partial charge on any atom is -0.00460 e. The highest BCUT2D eigenvalue weighted by atomic mass is 14.8. The number of nitrogens with one attached hydrogen (secondary N) is 1. The maximum absolute atomic E-state index is 3.49. The molecule has 0 aromatic rings. The Morgan fingerprint density at radius 2 is 1.23 bits per heavy atom. The molecule has 13 heavy (non-hydrogen) atoms. The predicted molar refractivity (Wildman–Crippen MR) is 58.9 cm³/mol. The first kappa shape index (κ1) is 10.8. The summed E-state index contributed by atoms with van der Waals surface area (Å²) in [6, 6.07) is 0. The van der Waals surface area contributed by atoms with Gasteiger partial charge < -0.3 is 5.32 Å². The molecule has 1 N–H and O–H groups in total. The van der Waals surface area contributed by atoms with E-state index in [9.17, 15) is 0 Å². The van der Waals surface area contributed by atoms with E-state index in [-0.39, 0.29) is 0 Å². The highest BCUT2D eigenvalue weighted by Crippen LogP contribution is 2.06. The van der Waals surface area contributed by atoms with Gasteiger partial charge in [0.15, 0.2) is 0 Å². The summed E-state index contributed by atoms with van der Waals surface area (Å²) in [4.78, 5) is 0. The molecule has 0 bridgehead atoms. The van der Waals surface area contributed by atoms with E-state index >= 15 is 0 Å². The van der Waals surface area contributed by atoms with Crippen LogP contribution in [0.25, 0.3) is 0 Å². The molecule has 76 valence electrons. The zero-order valence-electron chi connectivity index (χ0n) is 8.73. The van der Waals surface area contributed by atoms with Crippen LogP contribution in [0.1, 0.15) is 51.4 Å². The minimum atomic E-state index is 1.20. The highest BCUT2D eigenvalue weighted by molar-refractivity contribution is 4.81. The lowest BCUT2D eigenvalue weighted by Crippen LogP contribution is -2.16. The molecule has 0 fully saturated rings. The Morgan fingerprint density at radius 1 is 0.615 bits per heavy atom. The molecule has 1 nitrogen and oxygen atoms in total. The number of hydrogen-bond acceptors (Lipinski definition) is 1. The van der Waals surface area contributed by atoms with Crippen LogP contribution >= 0.6 is 0 Å². The zero-order chi connectivity index (χ0) is 9.19. The minimum absolute atomic E-state index is 1.20. The van der Waals surface area contributed by atoms with Crippen LogP contribution in [0.2, 0.25) is 0 Å². The number of allylic oxidation sites excluding steroid dienone is 2. The maximum atomic E-state index is 3.49. The van der Waals surface area contributed by atoms with E-state index in [1.54, 1.807) is 0 Å². The molecule has 0 unspecified atom stereocenters. The Bertz CT molecular complexity index is 115. The summed E-state index contributed by atoms with van der Waals surface area (Å²) in [6.07, 6.45) is 15.6. The second-order valence-corrected chi connectivity index (χ2v) is 3.92. The van der Waals surface area contributed by atoms with E-state index in [2.05, 4.69) is 17.5 Å². The van der Waals surface area contributed by atoms with Gasteiger partial charge in [0.1, 0.15) is 0 Å². The molecule has 1 heteroatoms. The molecule has 0 radical (unpaired) electrons. The third-order valence-corrected chi connectivity index (χ3v) is 2.62. The summed E-state index contributed by atoms with van der Waals surface area (Å²) in [5.74, 6) is 0. The molecule has 0 saturated carbocycles. The van der Waals surface area contributed by atoms with Gasteiger partial charge in [-0.3, -0.25) is 0 Å². The predicted octanol–water partition coefficient (Wildman–Crippen LogP) is 3.27. The molecule has 0 amide bonds. The third kappa shape index (κ3) is 6.83. The van der Waals surface area contributed by atoms with Crippen LogP contribution in [0, 0.1) is 0 Å². The van der Waals surface area contributed by atoms with Gasteiger partial charge in [0.2, 0.25) is 0 Å². The average molecular weight is 181 g/mol. The molecular formula is C12H23N.